The van der Waals surface area contributed by atoms with Crippen molar-refractivity contribution in [3.05, 3.63) is 30.3 Å². The van der Waals surface area contributed by atoms with Gasteiger partial charge < -0.3 is 9.16 Å². The Kier molecular flexibility index (Phi) is 7.43. The van der Waals surface area contributed by atoms with Crippen LogP contribution < -0.4 is 4.74 Å². The second kappa shape index (κ2) is 7.98. The standard InChI is InChI=1S/C13H22O2Si.C2H3N/c1-13(2,3)16(4,5)15-11-14-12-9-7-6-8-10-12;1-2-3/h6-10H,11H2,1-5H3;1H3. The summed E-state index contributed by atoms with van der Waals surface area (Å²) in [6.07, 6.45) is 0. The van der Waals surface area contributed by atoms with Crippen LogP contribution in [0.1, 0.15) is 27.7 Å². The predicted molar refractivity (Wildman–Crippen MR) is 81.5 cm³/mol. The first kappa shape index (κ1) is 17.7. The second-order valence-corrected chi connectivity index (χ2v) is 10.5. The van der Waals surface area contributed by atoms with E-state index in [2.05, 4.69) is 33.9 Å². The molecule has 0 spiro atoms. The van der Waals surface area contributed by atoms with E-state index in [4.69, 9.17) is 14.4 Å². The molecule has 0 heterocycles. The van der Waals surface area contributed by atoms with Crippen LogP contribution in [0.2, 0.25) is 18.1 Å². The third-order valence-corrected chi connectivity index (χ3v) is 7.65. The number of hydrogen-bond donors (Lipinski definition) is 0. The van der Waals surface area contributed by atoms with E-state index in [1.165, 1.54) is 6.92 Å². The molecule has 1 rings (SSSR count). The molecule has 0 bridgehead atoms. The average molecular weight is 279 g/mol. The predicted octanol–water partition coefficient (Wildman–Crippen LogP) is 4.57. The summed E-state index contributed by atoms with van der Waals surface area (Å²) in [5, 5.41) is 7.55. The van der Waals surface area contributed by atoms with Gasteiger partial charge in [0.25, 0.3) is 0 Å². The minimum atomic E-state index is -1.68. The van der Waals surface area contributed by atoms with Crippen molar-refractivity contribution < 1.29 is 9.16 Å². The quantitative estimate of drug-likeness (QED) is 0.598. The number of hydrogen-bond acceptors (Lipinski definition) is 3. The molecule has 0 saturated heterocycles. The van der Waals surface area contributed by atoms with E-state index < -0.39 is 8.32 Å². The Labute approximate surface area is 118 Å². The van der Waals surface area contributed by atoms with Gasteiger partial charge in [0.05, 0.1) is 6.07 Å². The summed E-state index contributed by atoms with van der Waals surface area (Å²) < 4.78 is 11.5. The molecule has 0 aromatic heterocycles. The van der Waals surface area contributed by atoms with Crippen molar-refractivity contribution in [2.75, 3.05) is 6.79 Å². The van der Waals surface area contributed by atoms with Gasteiger partial charge >= 0.3 is 0 Å². The zero-order chi connectivity index (χ0) is 14.9. The molecule has 0 aliphatic carbocycles. The van der Waals surface area contributed by atoms with E-state index in [1.807, 2.05) is 30.3 Å². The molecule has 0 unspecified atom stereocenters. The third-order valence-electron chi connectivity index (χ3n) is 3.19. The molecule has 0 radical (unpaired) electrons. The third kappa shape index (κ3) is 6.99. The van der Waals surface area contributed by atoms with Crippen LogP contribution in [0.3, 0.4) is 0 Å². The highest BCUT2D eigenvalue weighted by atomic mass is 28.4. The molecule has 0 saturated carbocycles. The number of rotatable bonds is 4. The summed E-state index contributed by atoms with van der Waals surface area (Å²) in [6, 6.07) is 11.5. The lowest BCUT2D eigenvalue weighted by Gasteiger charge is -2.35. The molecule has 19 heavy (non-hydrogen) atoms. The Bertz CT molecular complexity index is 391. The summed E-state index contributed by atoms with van der Waals surface area (Å²) in [6.45, 7) is 12.9. The molecular formula is C15H25NO2Si. The molecule has 0 N–H and O–H groups in total. The van der Waals surface area contributed by atoms with Gasteiger partial charge in [0.15, 0.2) is 15.1 Å². The van der Waals surface area contributed by atoms with Crippen molar-refractivity contribution in [1.82, 2.24) is 0 Å². The van der Waals surface area contributed by atoms with Crippen molar-refractivity contribution in [3.8, 4) is 11.8 Å². The summed E-state index contributed by atoms with van der Waals surface area (Å²) in [7, 11) is -1.68. The lowest BCUT2D eigenvalue weighted by Crippen LogP contribution is -2.41. The molecular weight excluding hydrogens is 254 g/mol. The fourth-order valence-corrected chi connectivity index (χ4v) is 1.76. The number of ether oxygens (including phenoxy) is 1. The van der Waals surface area contributed by atoms with Crippen molar-refractivity contribution in [2.24, 2.45) is 0 Å². The molecule has 106 valence electrons. The molecule has 0 atom stereocenters. The van der Waals surface area contributed by atoms with Crippen molar-refractivity contribution >= 4 is 8.32 Å². The van der Waals surface area contributed by atoms with Crippen LogP contribution in [0, 0.1) is 11.3 Å². The minimum absolute atomic E-state index is 0.229. The van der Waals surface area contributed by atoms with Crippen molar-refractivity contribution in [3.63, 3.8) is 0 Å². The molecule has 0 aliphatic rings. The maximum atomic E-state index is 7.32. The van der Waals surface area contributed by atoms with Crippen LogP contribution >= 0.6 is 0 Å². The van der Waals surface area contributed by atoms with E-state index in [0.29, 0.717) is 6.79 Å². The number of nitrogens with zero attached hydrogens (tertiary/aromatic N) is 1. The number of nitriles is 1. The van der Waals surface area contributed by atoms with Crippen LogP contribution in [0.4, 0.5) is 0 Å². The van der Waals surface area contributed by atoms with Crippen molar-refractivity contribution in [2.45, 2.75) is 45.8 Å². The Balaban J connectivity index is 0.000000982. The Hall–Kier alpha value is -1.31. The second-order valence-electron chi connectivity index (χ2n) is 5.70. The van der Waals surface area contributed by atoms with E-state index in [-0.39, 0.29) is 5.04 Å². The summed E-state index contributed by atoms with van der Waals surface area (Å²) in [4.78, 5) is 0. The normalized spacial score (nSPS) is 11.0. The molecule has 1 aromatic rings. The average Bonchev–Trinajstić information content (AvgIpc) is 2.29. The molecule has 4 heteroatoms. The largest absolute Gasteiger partial charge is 0.469 e. The Morgan fingerprint density at radius 1 is 1.16 bits per heavy atom. The van der Waals surface area contributed by atoms with Gasteiger partial charge in [-0.05, 0) is 30.3 Å². The Morgan fingerprint density at radius 2 is 1.63 bits per heavy atom. The zero-order valence-electron chi connectivity index (χ0n) is 12.9. The van der Waals surface area contributed by atoms with E-state index in [0.717, 1.165) is 5.75 Å². The SMILES string of the molecule is CC#N.CC(C)(C)[Si](C)(C)OCOc1ccccc1. The van der Waals surface area contributed by atoms with Crippen LogP contribution in [0.25, 0.3) is 0 Å². The van der Waals surface area contributed by atoms with Gasteiger partial charge in [0.1, 0.15) is 5.75 Å². The molecule has 3 nitrogen and oxygen atoms in total. The summed E-state index contributed by atoms with van der Waals surface area (Å²) in [5.41, 5.74) is 0. The van der Waals surface area contributed by atoms with Gasteiger partial charge in [-0.15, -0.1) is 0 Å². The van der Waals surface area contributed by atoms with Crippen LogP contribution in [0.5, 0.6) is 5.75 Å². The van der Waals surface area contributed by atoms with Gasteiger partial charge in [-0.2, -0.15) is 5.26 Å². The van der Waals surface area contributed by atoms with E-state index in [1.54, 1.807) is 6.07 Å². The monoisotopic (exact) mass is 279 g/mol. The van der Waals surface area contributed by atoms with Crippen LogP contribution in [-0.4, -0.2) is 15.1 Å². The van der Waals surface area contributed by atoms with Gasteiger partial charge in [-0.1, -0.05) is 39.0 Å². The fourth-order valence-electron chi connectivity index (χ4n) is 0.978. The van der Waals surface area contributed by atoms with E-state index >= 15 is 0 Å². The number of para-hydroxylation sites is 1. The first-order valence-corrected chi connectivity index (χ1v) is 9.28. The lowest BCUT2D eigenvalue weighted by molar-refractivity contribution is 0.106. The van der Waals surface area contributed by atoms with Gasteiger partial charge in [0, 0.05) is 6.92 Å². The molecule has 0 amide bonds. The van der Waals surface area contributed by atoms with Gasteiger partial charge in [-0.25, -0.2) is 0 Å². The summed E-state index contributed by atoms with van der Waals surface area (Å²) >= 11 is 0. The highest BCUT2D eigenvalue weighted by molar-refractivity contribution is 6.74. The Morgan fingerprint density at radius 3 is 2.05 bits per heavy atom. The summed E-state index contributed by atoms with van der Waals surface area (Å²) in [5.74, 6) is 0.862. The minimum Gasteiger partial charge on any atom is -0.469 e. The maximum absolute atomic E-state index is 7.32. The molecule has 0 aliphatic heterocycles. The van der Waals surface area contributed by atoms with Gasteiger partial charge in [-0.3, -0.25) is 0 Å². The lowest BCUT2D eigenvalue weighted by atomic mass is 10.2. The highest BCUT2D eigenvalue weighted by Gasteiger charge is 2.37. The first-order valence-electron chi connectivity index (χ1n) is 6.37. The van der Waals surface area contributed by atoms with Crippen LogP contribution in [0.15, 0.2) is 30.3 Å². The topological polar surface area (TPSA) is 42.2 Å². The molecule has 1 aromatic carbocycles. The van der Waals surface area contributed by atoms with E-state index in [9.17, 15) is 0 Å². The zero-order valence-corrected chi connectivity index (χ0v) is 13.9. The van der Waals surface area contributed by atoms with Gasteiger partial charge in [0.2, 0.25) is 0 Å². The van der Waals surface area contributed by atoms with Crippen LogP contribution in [-0.2, 0) is 4.43 Å². The first-order chi connectivity index (χ1) is 8.74. The maximum Gasteiger partial charge on any atom is 0.196 e. The molecule has 0 fully saturated rings. The van der Waals surface area contributed by atoms with Crippen molar-refractivity contribution in [1.29, 1.82) is 5.26 Å². The number of benzene rings is 1. The fraction of sp³-hybridized carbons (Fsp3) is 0.533. The smallest absolute Gasteiger partial charge is 0.196 e. The highest BCUT2D eigenvalue weighted by Crippen LogP contribution is 2.36.